The molecule has 0 amide bonds. The van der Waals surface area contributed by atoms with Crippen molar-refractivity contribution in [2.24, 2.45) is 23.5 Å². The zero-order valence-electron chi connectivity index (χ0n) is 15.4. The van der Waals surface area contributed by atoms with Crippen molar-refractivity contribution in [3.8, 4) is 0 Å². The summed E-state index contributed by atoms with van der Waals surface area (Å²) in [6, 6.07) is 6.94. The summed E-state index contributed by atoms with van der Waals surface area (Å²) >= 11 is 0. The lowest BCUT2D eigenvalue weighted by atomic mass is 9.67. The normalized spacial score (nSPS) is 24.7. The van der Waals surface area contributed by atoms with E-state index >= 15 is 0 Å². The number of nitrogens with two attached hydrogens (primary N) is 1. The van der Waals surface area contributed by atoms with E-state index in [2.05, 4.69) is 57.8 Å². The van der Waals surface area contributed by atoms with Crippen LogP contribution in [-0.2, 0) is 6.42 Å². The van der Waals surface area contributed by atoms with Gasteiger partial charge in [0.05, 0.1) is 0 Å². The molecule has 2 heteroatoms. The highest BCUT2D eigenvalue weighted by Crippen LogP contribution is 2.46. The molecule has 1 aliphatic rings. The van der Waals surface area contributed by atoms with E-state index in [0.717, 1.165) is 29.9 Å². The third-order valence-electron chi connectivity index (χ3n) is 5.51. The lowest BCUT2D eigenvalue weighted by Crippen LogP contribution is -2.27. The molecule has 1 fully saturated rings. The molecule has 0 aliphatic heterocycles. The van der Waals surface area contributed by atoms with Crippen molar-refractivity contribution in [1.29, 1.82) is 0 Å². The van der Waals surface area contributed by atoms with E-state index in [1.165, 1.54) is 36.1 Å². The molecule has 0 heterocycles. The molecule has 0 spiro atoms. The van der Waals surface area contributed by atoms with E-state index < -0.39 is 0 Å². The molecule has 3 N–H and O–H groups in total. The fourth-order valence-electron chi connectivity index (χ4n) is 4.06. The molecular weight excluding hydrogens is 280 g/mol. The first-order valence-corrected chi connectivity index (χ1v) is 9.23. The second kappa shape index (κ2) is 8.01. The second-order valence-corrected chi connectivity index (χ2v) is 7.64. The largest absolute Gasteiger partial charge is 0.358 e. The van der Waals surface area contributed by atoms with Crippen LogP contribution >= 0.6 is 0 Å². The molecule has 0 bridgehead atoms. The number of aryl methyl sites for hydroxylation is 1. The number of nitrogens with one attached hydrogen (secondary N) is 1. The first kappa shape index (κ1) is 18.1. The SMILES string of the molecule is C=C(CN)Nc1cc(CC)ccc1C1CC(C)CC[C@H]1C(C)C. The molecule has 2 rings (SSSR count). The molecule has 3 atom stereocenters. The Hall–Kier alpha value is -1.28. The highest BCUT2D eigenvalue weighted by atomic mass is 14.9. The monoisotopic (exact) mass is 314 g/mol. The minimum atomic E-state index is 0.477. The molecule has 2 nitrogen and oxygen atoms in total. The molecule has 0 aromatic heterocycles. The van der Waals surface area contributed by atoms with Crippen LogP contribution in [-0.4, -0.2) is 6.54 Å². The van der Waals surface area contributed by atoms with Gasteiger partial charge in [0.1, 0.15) is 0 Å². The van der Waals surface area contributed by atoms with Crippen LogP contribution in [0.15, 0.2) is 30.5 Å². The molecule has 1 saturated carbocycles. The first-order chi connectivity index (χ1) is 11.0. The molecular formula is C21H34N2. The van der Waals surface area contributed by atoms with Gasteiger partial charge in [-0.05, 0) is 60.1 Å². The fourth-order valence-corrected chi connectivity index (χ4v) is 4.06. The first-order valence-electron chi connectivity index (χ1n) is 9.23. The van der Waals surface area contributed by atoms with Crippen LogP contribution < -0.4 is 11.1 Å². The van der Waals surface area contributed by atoms with Crippen molar-refractivity contribution in [1.82, 2.24) is 0 Å². The maximum atomic E-state index is 5.75. The minimum absolute atomic E-state index is 0.477. The predicted octanol–water partition coefficient (Wildman–Crippen LogP) is 5.31. The van der Waals surface area contributed by atoms with Crippen molar-refractivity contribution in [3.05, 3.63) is 41.6 Å². The summed E-state index contributed by atoms with van der Waals surface area (Å²) in [6.45, 7) is 13.9. The van der Waals surface area contributed by atoms with Crippen LogP contribution in [0.3, 0.4) is 0 Å². The zero-order valence-corrected chi connectivity index (χ0v) is 15.4. The summed E-state index contributed by atoms with van der Waals surface area (Å²) in [5.41, 5.74) is 10.7. The van der Waals surface area contributed by atoms with E-state index in [0.29, 0.717) is 12.5 Å². The summed E-state index contributed by atoms with van der Waals surface area (Å²) in [7, 11) is 0. The highest BCUT2D eigenvalue weighted by Gasteiger charge is 2.33. The average Bonchev–Trinajstić information content (AvgIpc) is 2.54. The molecule has 0 saturated heterocycles. The molecule has 23 heavy (non-hydrogen) atoms. The van der Waals surface area contributed by atoms with Crippen LogP contribution in [0, 0.1) is 17.8 Å². The molecule has 1 aromatic rings. The lowest BCUT2D eigenvalue weighted by Gasteiger charge is -2.38. The third-order valence-corrected chi connectivity index (χ3v) is 5.51. The van der Waals surface area contributed by atoms with Gasteiger partial charge in [-0.1, -0.05) is 52.8 Å². The van der Waals surface area contributed by atoms with Crippen molar-refractivity contribution in [2.75, 3.05) is 11.9 Å². The predicted molar refractivity (Wildman–Crippen MR) is 102 cm³/mol. The van der Waals surface area contributed by atoms with Crippen LogP contribution in [0.1, 0.15) is 64.0 Å². The topological polar surface area (TPSA) is 38.0 Å². The van der Waals surface area contributed by atoms with Gasteiger partial charge in [-0.25, -0.2) is 0 Å². The van der Waals surface area contributed by atoms with Gasteiger partial charge in [-0.2, -0.15) is 0 Å². The van der Waals surface area contributed by atoms with Gasteiger partial charge in [0.15, 0.2) is 0 Å². The Morgan fingerprint density at radius 1 is 1.35 bits per heavy atom. The summed E-state index contributed by atoms with van der Waals surface area (Å²) in [6.07, 6.45) is 5.05. The molecule has 0 radical (unpaired) electrons. The molecule has 1 aliphatic carbocycles. The Morgan fingerprint density at radius 3 is 2.70 bits per heavy atom. The van der Waals surface area contributed by atoms with Crippen LogP contribution in [0.2, 0.25) is 0 Å². The number of rotatable bonds is 6. The Balaban J connectivity index is 2.39. The minimum Gasteiger partial charge on any atom is -0.358 e. The maximum absolute atomic E-state index is 5.75. The average molecular weight is 315 g/mol. The fraction of sp³-hybridized carbons (Fsp3) is 0.619. The number of anilines is 1. The van der Waals surface area contributed by atoms with E-state index in [-0.39, 0.29) is 0 Å². The quantitative estimate of drug-likeness (QED) is 0.747. The van der Waals surface area contributed by atoms with Crippen molar-refractivity contribution < 1.29 is 0 Å². The van der Waals surface area contributed by atoms with E-state index in [9.17, 15) is 0 Å². The molecule has 128 valence electrons. The van der Waals surface area contributed by atoms with Crippen LogP contribution in [0.5, 0.6) is 0 Å². The van der Waals surface area contributed by atoms with Crippen molar-refractivity contribution >= 4 is 5.69 Å². The Labute approximate surface area is 142 Å². The maximum Gasteiger partial charge on any atom is 0.0420 e. The van der Waals surface area contributed by atoms with E-state index in [1.54, 1.807) is 0 Å². The standard InChI is InChI=1S/C21H34N2/c1-6-17-8-10-19(21(12-17)23-16(5)13-22)20-11-15(4)7-9-18(20)14(2)3/h8,10,12,14-15,18,20,23H,5-7,9,11,13,22H2,1-4H3/t15?,18-,20?/m0/s1. The number of benzene rings is 1. The summed E-state index contributed by atoms with van der Waals surface area (Å²) in [4.78, 5) is 0. The van der Waals surface area contributed by atoms with Crippen molar-refractivity contribution in [2.45, 2.75) is 59.3 Å². The summed E-state index contributed by atoms with van der Waals surface area (Å²) in [5, 5.41) is 3.49. The van der Waals surface area contributed by atoms with Gasteiger partial charge >= 0.3 is 0 Å². The second-order valence-electron chi connectivity index (χ2n) is 7.64. The molecule has 2 unspecified atom stereocenters. The van der Waals surface area contributed by atoms with Gasteiger partial charge in [-0.15, -0.1) is 0 Å². The summed E-state index contributed by atoms with van der Waals surface area (Å²) in [5.74, 6) is 2.94. The smallest absolute Gasteiger partial charge is 0.0420 e. The van der Waals surface area contributed by atoms with Crippen LogP contribution in [0.25, 0.3) is 0 Å². The number of hydrogen-bond donors (Lipinski definition) is 2. The van der Waals surface area contributed by atoms with E-state index in [1.807, 2.05) is 0 Å². The third kappa shape index (κ3) is 4.38. The zero-order chi connectivity index (χ0) is 17.0. The van der Waals surface area contributed by atoms with Gasteiger partial charge in [-0.3, -0.25) is 0 Å². The Bertz CT molecular complexity index is 533. The lowest BCUT2D eigenvalue weighted by molar-refractivity contribution is 0.197. The number of hydrogen-bond acceptors (Lipinski definition) is 2. The van der Waals surface area contributed by atoms with Gasteiger partial charge in [0, 0.05) is 17.9 Å². The highest BCUT2D eigenvalue weighted by molar-refractivity contribution is 5.58. The summed E-state index contributed by atoms with van der Waals surface area (Å²) < 4.78 is 0. The van der Waals surface area contributed by atoms with Gasteiger partial charge < -0.3 is 11.1 Å². The van der Waals surface area contributed by atoms with Crippen LogP contribution in [0.4, 0.5) is 5.69 Å². The van der Waals surface area contributed by atoms with Crippen molar-refractivity contribution in [3.63, 3.8) is 0 Å². The Kier molecular flexibility index (Phi) is 6.29. The Morgan fingerprint density at radius 2 is 2.09 bits per heavy atom. The van der Waals surface area contributed by atoms with Gasteiger partial charge in [0.25, 0.3) is 0 Å². The van der Waals surface area contributed by atoms with E-state index in [4.69, 9.17) is 5.73 Å². The van der Waals surface area contributed by atoms with Gasteiger partial charge in [0.2, 0.25) is 0 Å². The molecule has 1 aromatic carbocycles.